The number of aryl methyl sites for hydroxylation is 1. The fourth-order valence-corrected chi connectivity index (χ4v) is 3.95. The van der Waals surface area contributed by atoms with Crippen molar-refractivity contribution in [2.75, 3.05) is 6.54 Å². The summed E-state index contributed by atoms with van der Waals surface area (Å²) in [4.78, 5) is 12.8. The predicted molar refractivity (Wildman–Crippen MR) is 85.1 cm³/mol. The molecule has 1 rings (SSSR count). The molecule has 0 bridgehead atoms. The molecule has 1 aromatic carbocycles. The van der Waals surface area contributed by atoms with Crippen LogP contribution in [0.2, 0.25) is 19.6 Å². The molecule has 2 nitrogen and oxygen atoms in total. The van der Waals surface area contributed by atoms with Crippen LogP contribution < -0.4 is 0 Å². The van der Waals surface area contributed by atoms with E-state index in [4.69, 9.17) is 0 Å². The zero-order valence-electron chi connectivity index (χ0n) is 13.0. The molecular formula is C16H27NOSi. The number of amides is 1. The van der Waals surface area contributed by atoms with Crippen LogP contribution in [0.1, 0.15) is 42.6 Å². The van der Waals surface area contributed by atoms with Gasteiger partial charge in [0.15, 0.2) is 8.24 Å². The highest BCUT2D eigenvalue weighted by atomic mass is 28.3. The molecule has 0 aliphatic heterocycles. The Labute approximate surface area is 118 Å². The Morgan fingerprint density at radius 3 is 2.26 bits per heavy atom. The van der Waals surface area contributed by atoms with Crippen LogP contribution in [0.3, 0.4) is 0 Å². The van der Waals surface area contributed by atoms with E-state index < -0.39 is 8.24 Å². The molecule has 106 valence electrons. The first-order valence-electron chi connectivity index (χ1n) is 7.31. The zero-order chi connectivity index (χ0) is 14.5. The van der Waals surface area contributed by atoms with Crippen molar-refractivity contribution in [1.82, 2.24) is 4.57 Å². The number of benzene rings is 1. The summed E-state index contributed by atoms with van der Waals surface area (Å²) in [5.74, 6) is 0.227. The second kappa shape index (κ2) is 6.90. The van der Waals surface area contributed by atoms with E-state index in [2.05, 4.69) is 44.1 Å². The topological polar surface area (TPSA) is 20.3 Å². The van der Waals surface area contributed by atoms with Gasteiger partial charge in [0.05, 0.1) is 0 Å². The second-order valence-electron chi connectivity index (χ2n) is 6.03. The zero-order valence-corrected chi connectivity index (χ0v) is 14.0. The summed E-state index contributed by atoms with van der Waals surface area (Å²) >= 11 is 0. The molecule has 0 spiro atoms. The molecule has 0 radical (unpaired) electrons. The van der Waals surface area contributed by atoms with Gasteiger partial charge in [0.2, 0.25) is 5.91 Å². The number of hydrogen-bond acceptors (Lipinski definition) is 1. The molecule has 0 saturated carbocycles. The van der Waals surface area contributed by atoms with Gasteiger partial charge in [-0.15, -0.1) is 0 Å². The predicted octanol–water partition coefficient (Wildman–Crippen LogP) is 4.33. The number of carbonyl (C=O) groups excluding carboxylic acids is 1. The third-order valence-corrected chi connectivity index (χ3v) is 5.32. The number of nitrogens with zero attached hydrogens (tertiary/aromatic N) is 1. The molecule has 0 atom stereocenters. The maximum atomic E-state index is 12.8. The lowest BCUT2D eigenvalue weighted by molar-refractivity contribution is 0.0849. The monoisotopic (exact) mass is 277 g/mol. The molecule has 0 unspecified atom stereocenters. The molecule has 0 aliphatic rings. The minimum Gasteiger partial charge on any atom is -0.366 e. The number of rotatable bonds is 6. The molecule has 0 N–H and O–H groups in total. The first-order chi connectivity index (χ1) is 8.91. The first-order valence-corrected chi connectivity index (χ1v) is 10.8. The number of hydrogen-bond donors (Lipinski definition) is 0. The average molecular weight is 277 g/mol. The molecule has 0 fully saturated rings. The van der Waals surface area contributed by atoms with Gasteiger partial charge < -0.3 is 4.57 Å². The molecular weight excluding hydrogens is 250 g/mol. The van der Waals surface area contributed by atoms with E-state index in [-0.39, 0.29) is 5.91 Å². The third-order valence-electron chi connectivity index (χ3n) is 3.27. The van der Waals surface area contributed by atoms with Gasteiger partial charge in [-0.05, 0) is 24.5 Å². The molecule has 1 aromatic rings. The van der Waals surface area contributed by atoms with Crippen molar-refractivity contribution in [3.8, 4) is 0 Å². The molecule has 0 aromatic heterocycles. The Hall–Kier alpha value is -1.09. The van der Waals surface area contributed by atoms with E-state index >= 15 is 0 Å². The van der Waals surface area contributed by atoms with E-state index in [1.807, 2.05) is 18.2 Å². The van der Waals surface area contributed by atoms with Gasteiger partial charge in [0.25, 0.3) is 0 Å². The normalized spacial score (nSPS) is 11.4. The SMILES string of the molecule is CCCc1ccccc1C(=O)N(CCC)[Si](C)(C)C. The molecule has 0 heterocycles. The van der Waals surface area contributed by atoms with Gasteiger partial charge in [0, 0.05) is 12.1 Å². The molecule has 0 aliphatic carbocycles. The minimum absolute atomic E-state index is 0.227. The minimum atomic E-state index is -1.62. The van der Waals surface area contributed by atoms with Crippen LogP contribution in [-0.4, -0.2) is 25.3 Å². The van der Waals surface area contributed by atoms with Crippen LogP contribution in [0.5, 0.6) is 0 Å². The lowest BCUT2D eigenvalue weighted by atomic mass is 10.0. The van der Waals surface area contributed by atoms with Gasteiger partial charge in [-0.3, -0.25) is 4.79 Å². The third kappa shape index (κ3) is 4.20. The summed E-state index contributed by atoms with van der Waals surface area (Å²) in [6, 6.07) is 8.07. The van der Waals surface area contributed by atoms with Crippen LogP contribution >= 0.6 is 0 Å². The Kier molecular flexibility index (Phi) is 5.79. The summed E-state index contributed by atoms with van der Waals surface area (Å²) in [5, 5.41) is 0. The second-order valence-corrected chi connectivity index (χ2v) is 10.9. The van der Waals surface area contributed by atoms with Gasteiger partial charge in [-0.25, -0.2) is 0 Å². The lowest BCUT2D eigenvalue weighted by Gasteiger charge is -2.34. The van der Waals surface area contributed by atoms with Crippen LogP contribution in [-0.2, 0) is 6.42 Å². The van der Waals surface area contributed by atoms with Crippen LogP contribution in [0.15, 0.2) is 24.3 Å². The quantitative estimate of drug-likeness (QED) is 0.709. The highest BCUT2D eigenvalue weighted by Gasteiger charge is 2.29. The van der Waals surface area contributed by atoms with Crippen molar-refractivity contribution in [2.24, 2.45) is 0 Å². The van der Waals surface area contributed by atoms with E-state index in [1.165, 1.54) is 5.56 Å². The molecule has 1 amide bonds. The summed E-state index contributed by atoms with van der Waals surface area (Å²) in [6.45, 7) is 11.9. The smallest absolute Gasteiger partial charge is 0.246 e. The fraction of sp³-hybridized carbons (Fsp3) is 0.562. The van der Waals surface area contributed by atoms with E-state index in [0.717, 1.165) is 31.4 Å². The van der Waals surface area contributed by atoms with Gasteiger partial charge in [-0.2, -0.15) is 0 Å². The number of carbonyl (C=O) groups is 1. The van der Waals surface area contributed by atoms with Crippen molar-refractivity contribution in [2.45, 2.75) is 52.8 Å². The summed E-state index contributed by atoms with van der Waals surface area (Å²) in [6.07, 6.45) is 3.07. The highest BCUT2D eigenvalue weighted by Crippen LogP contribution is 2.19. The van der Waals surface area contributed by atoms with Crippen molar-refractivity contribution in [3.05, 3.63) is 35.4 Å². The van der Waals surface area contributed by atoms with Gasteiger partial charge in [-0.1, -0.05) is 58.1 Å². The van der Waals surface area contributed by atoms with Crippen LogP contribution in [0, 0.1) is 0 Å². The van der Waals surface area contributed by atoms with E-state index in [9.17, 15) is 4.79 Å². The van der Waals surface area contributed by atoms with Gasteiger partial charge in [0.1, 0.15) is 0 Å². The Morgan fingerprint density at radius 1 is 1.11 bits per heavy atom. The van der Waals surface area contributed by atoms with Crippen LogP contribution in [0.4, 0.5) is 0 Å². The molecule has 19 heavy (non-hydrogen) atoms. The van der Waals surface area contributed by atoms with Crippen molar-refractivity contribution < 1.29 is 4.79 Å². The van der Waals surface area contributed by atoms with Gasteiger partial charge >= 0.3 is 0 Å². The highest BCUT2D eigenvalue weighted by molar-refractivity contribution is 6.75. The summed E-state index contributed by atoms with van der Waals surface area (Å²) in [5.41, 5.74) is 2.09. The lowest BCUT2D eigenvalue weighted by Crippen LogP contribution is -2.50. The van der Waals surface area contributed by atoms with Crippen molar-refractivity contribution in [3.63, 3.8) is 0 Å². The van der Waals surface area contributed by atoms with E-state index in [1.54, 1.807) is 0 Å². The Bertz CT molecular complexity index is 423. The largest absolute Gasteiger partial charge is 0.366 e. The maximum absolute atomic E-state index is 12.8. The average Bonchev–Trinajstić information content (AvgIpc) is 2.35. The first kappa shape index (κ1) is 16.0. The molecule has 3 heteroatoms. The van der Waals surface area contributed by atoms with Crippen molar-refractivity contribution >= 4 is 14.1 Å². The van der Waals surface area contributed by atoms with Crippen LogP contribution in [0.25, 0.3) is 0 Å². The van der Waals surface area contributed by atoms with E-state index in [0.29, 0.717) is 0 Å². The summed E-state index contributed by atoms with van der Waals surface area (Å²) in [7, 11) is -1.62. The Morgan fingerprint density at radius 2 is 1.74 bits per heavy atom. The standard InChI is InChI=1S/C16H27NOSi/c1-6-10-14-11-8-9-12-15(14)16(18)17(13-7-2)19(3,4)5/h8-9,11-12H,6-7,10,13H2,1-5H3. The summed E-state index contributed by atoms with van der Waals surface area (Å²) < 4.78 is 2.13. The Balaban J connectivity index is 3.09. The van der Waals surface area contributed by atoms with Crippen molar-refractivity contribution in [1.29, 1.82) is 0 Å². The fourth-order valence-electron chi connectivity index (χ4n) is 2.33. The maximum Gasteiger partial charge on any atom is 0.246 e. The molecule has 0 saturated heterocycles.